The number of carbonyl (C=O) groups is 2. The lowest BCUT2D eigenvalue weighted by Crippen LogP contribution is -2.29. The summed E-state index contributed by atoms with van der Waals surface area (Å²) in [6, 6.07) is 7.21. The van der Waals surface area contributed by atoms with E-state index in [1.807, 2.05) is 19.9 Å². The number of amides is 1. The summed E-state index contributed by atoms with van der Waals surface area (Å²) in [6.45, 7) is 4.13. The molecule has 2 aromatic rings. The number of nitrogens with zero attached hydrogens (tertiary/aromatic N) is 2. The van der Waals surface area contributed by atoms with Gasteiger partial charge < -0.3 is 4.90 Å². The zero-order valence-corrected chi connectivity index (χ0v) is 12.4. The summed E-state index contributed by atoms with van der Waals surface area (Å²) in [5.74, 6) is -0.938. The van der Waals surface area contributed by atoms with Crippen molar-refractivity contribution in [1.82, 2.24) is 4.98 Å². The second-order valence-corrected chi connectivity index (χ2v) is 5.57. The van der Waals surface area contributed by atoms with Gasteiger partial charge in [0.25, 0.3) is 11.7 Å². The van der Waals surface area contributed by atoms with Crippen LogP contribution in [0.25, 0.3) is 0 Å². The van der Waals surface area contributed by atoms with E-state index in [4.69, 9.17) is 11.6 Å². The fourth-order valence-electron chi connectivity index (χ4n) is 2.66. The van der Waals surface area contributed by atoms with E-state index in [-0.39, 0.29) is 0 Å². The molecule has 1 aliphatic heterocycles. The minimum absolute atomic E-state index is 0.311. The Hall–Kier alpha value is -2.20. The number of hydrogen-bond donors (Lipinski definition) is 0. The van der Waals surface area contributed by atoms with Crippen LogP contribution in [-0.4, -0.2) is 16.7 Å². The van der Waals surface area contributed by atoms with E-state index in [1.165, 1.54) is 4.90 Å². The lowest BCUT2D eigenvalue weighted by molar-refractivity contribution is -0.114. The van der Waals surface area contributed by atoms with Gasteiger partial charge in [-0.05, 0) is 42.7 Å². The monoisotopic (exact) mass is 300 g/mol. The van der Waals surface area contributed by atoms with Crippen LogP contribution in [0.4, 0.5) is 5.69 Å². The Morgan fingerprint density at radius 1 is 1.19 bits per heavy atom. The van der Waals surface area contributed by atoms with Gasteiger partial charge in [-0.1, -0.05) is 23.7 Å². The summed E-state index contributed by atoms with van der Waals surface area (Å²) < 4.78 is 0. The molecule has 0 saturated carbocycles. The third-order valence-electron chi connectivity index (χ3n) is 3.53. The van der Waals surface area contributed by atoms with Gasteiger partial charge in [-0.25, -0.2) is 4.98 Å². The lowest BCUT2D eigenvalue weighted by Gasteiger charge is -2.18. The average molecular weight is 301 g/mol. The molecule has 0 bridgehead atoms. The van der Waals surface area contributed by atoms with Crippen molar-refractivity contribution in [2.24, 2.45) is 0 Å². The predicted molar refractivity (Wildman–Crippen MR) is 80.7 cm³/mol. The number of rotatable bonds is 2. The van der Waals surface area contributed by atoms with Crippen molar-refractivity contribution < 1.29 is 9.59 Å². The Morgan fingerprint density at radius 3 is 2.62 bits per heavy atom. The molecule has 2 heterocycles. The van der Waals surface area contributed by atoms with E-state index in [2.05, 4.69) is 4.98 Å². The highest BCUT2D eigenvalue weighted by atomic mass is 35.5. The number of pyridine rings is 1. The van der Waals surface area contributed by atoms with Gasteiger partial charge in [0.05, 0.1) is 17.8 Å². The van der Waals surface area contributed by atoms with Crippen LogP contribution in [0, 0.1) is 13.8 Å². The molecule has 0 atom stereocenters. The number of hydrogen-bond acceptors (Lipinski definition) is 3. The molecule has 0 N–H and O–H groups in total. The molecule has 1 aliphatic rings. The van der Waals surface area contributed by atoms with Gasteiger partial charge in [-0.15, -0.1) is 0 Å². The van der Waals surface area contributed by atoms with Gasteiger partial charge >= 0.3 is 0 Å². The van der Waals surface area contributed by atoms with E-state index in [1.54, 1.807) is 24.4 Å². The van der Waals surface area contributed by atoms with Gasteiger partial charge in [0.2, 0.25) is 0 Å². The molecule has 1 aromatic carbocycles. The number of fused-ring (bicyclic) bond motifs is 1. The van der Waals surface area contributed by atoms with Crippen LogP contribution >= 0.6 is 11.6 Å². The summed E-state index contributed by atoms with van der Waals surface area (Å²) in [5.41, 5.74) is 3.91. The van der Waals surface area contributed by atoms with E-state index < -0.39 is 11.7 Å². The molecule has 0 unspecified atom stereocenters. The first-order chi connectivity index (χ1) is 9.97. The summed E-state index contributed by atoms with van der Waals surface area (Å²) >= 11 is 5.76. The number of ketones is 1. The molecule has 0 radical (unpaired) electrons. The van der Waals surface area contributed by atoms with Gasteiger partial charge in [0, 0.05) is 6.20 Å². The van der Waals surface area contributed by atoms with Crippen molar-refractivity contribution in [2.75, 3.05) is 4.90 Å². The molecule has 5 heteroatoms. The minimum atomic E-state index is -0.492. The number of halogens is 1. The number of Topliss-reactive ketones (excluding diaryl/α,β-unsaturated/α-hetero) is 1. The number of benzene rings is 1. The van der Waals surface area contributed by atoms with Crippen molar-refractivity contribution in [1.29, 1.82) is 0 Å². The standard InChI is InChI=1S/C16H13ClN2O2/c1-9-5-10(2)14-12(6-9)15(20)16(21)19(14)8-11-3-4-13(17)18-7-11/h3-7H,8H2,1-2H3. The highest BCUT2D eigenvalue weighted by Crippen LogP contribution is 2.34. The molecule has 1 amide bonds. The van der Waals surface area contributed by atoms with Crippen molar-refractivity contribution in [3.63, 3.8) is 0 Å². The molecule has 0 saturated heterocycles. The summed E-state index contributed by atoms with van der Waals surface area (Å²) in [4.78, 5) is 29.9. The highest BCUT2D eigenvalue weighted by Gasteiger charge is 2.37. The van der Waals surface area contributed by atoms with Crippen LogP contribution in [0.3, 0.4) is 0 Å². The lowest BCUT2D eigenvalue weighted by atomic mass is 10.0. The Morgan fingerprint density at radius 2 is 1.95 bits per heavy atom. The van der Waals surface area contributed by atoms with Crippen LogP contribution in [-0.2, 0) is 11.3 Å². The van der Waals surface area contributed by atoms with Crippen LogP contribution in [0.15, 0.2) is 30.5 Å². The first-order valence-electron chi connectivity index (χ1n) is 6.55. The second-order valence-electron chi connectivity index (χ2n) is 5.19. The normalized spacial score (nSPS) is 13.8. The Balaban J connectivity index is 2.03. The van der Waals surface area contributed by atoms with Gasteiger partial charge in [0.1, 0.15) is 5.15 Å². The van der Waals surface area contributed by atoms with Crippen molar-refractivity contribution in [3.8, 4) is 0 Å². The molecule has 21 heavy (non-hydrogen) atoms. The zero-order chi connectivity index (χ0) is 15.1. The minimum Gasteiger partial charge on any atom is -0.300 e. The largest absolute Gasteiger partial charge is 0.300 e. The van der Waals surface area contributed by atoms with Crippen molar-refractivity contribution in [2.45, 2.75) is 20.4 Å². The molecule has 4 nitrogen and oxygen atoms in total. The molecule has 3 rings (SSSR count). The summed E-state index contributed by atoms with van der Waals surface area (Å²) in [6.07, 6.45) is 1.61. The predicted octanol–water partition coefficient (Wildman–Crippen LogP) is 3.08. The molecule has 0 fully saturated rings. The number of aromatic nitrogens is 1. The smallest absolute Gasteiger partial charge is 0.299 e. The van der Waals surface area contributed by atoms with E-state index in [9.17, 15) is 9.59 Å². The van der Waals surface area contributed by atoms with Gasteiger partial charge in [-0.3, -0.25) is 9.59 Å². The maximum Gasteiger partial charge on any atom is 0.299 e. The molecular formula is C16H13ClN2O2. The Kier molecular flexibility index (Phi) is 3.26. The maximum atomic E-state index is 12.2. The van der Waals surface area contributed by atoms with Gasteiger partial charge in [-0.2, -0.15) is 0 Å². The van der Waals surface area contributed by atoms with Crippen LogP contribution < -0.4 is 4.90 Å². The first kappa shape index (κ1) is 13.8. The Labute approximate surface area is 127 Å². The van der Waals surface area contributed by atoms with Crippen LogP contribution in [0.1, 0.15) is 27.0 Å². The fourth-order valence-corrected chi connectivity index (χ4v) is 2.78. The van der Waals surface area contributed by atoms with E-state index in [0.717, 1.165) is 16.7 Å². The van der Waals surface area contributed by atoms with Crippen molar-refractivity contribution >= 4 is 29.0 Å². The average Bonchev–Trinajstić information content (AvgIpc) is 2.67. The zero-order valence-electron chi connectivity index (χ0n) is 11.7. The SMILES string of the molecule is Cc1cc(C)c2c(c1)C(=O)C(=O)N2Cc1ccc(Cl)nc1. The first-order valence-corrected chi connectivity index (χ1v) is 6.93. The van der Waals surface area contributed by atoms with E-state index >= 15 is 0 Å². The fraction of sp³-hybridized carbons (Fsp3) is 0.188. The van der Waals surface area contributed by atoms with Crippen LogP contribution in [0.2, 0.25) is 5.15 Å². The number of carbonyl (C=O) groups excluding carboxylic acids is 2. The second kappa shape index (κ2) is 4.97. The number of aryl methyl sites for hydroxylation is 2. The third-order valence-corrected chi connectivity index (χ3v) is 3.75. The quantitative estimate of drug-likeness (QED) is 0.632. The summed E-state index contributed by atoms with van der Waals surface area (Å²) in [5, 5.41) is 0.398. The molecule has 1 aromatic heterocycles. The molecule has 0 spiro atoms. The highest BCUT2D eigenvalue weighted by molar-refractivity contribution is 6.52. The number of anilines is 1. The molecule has 106 valence electrons. The van der Waals surface area contributed by atoms with E-state index in [0.29, 0.717) is 22.9 Å². The third kappa shape index (κ3) is 2.32. The topological polar surface area (TPSA) is 50.3 Å². The van der Waals surface area contributed by atoms with Crippen LogP contribution in [0.5, 0.6) is 0 Å². The Bertz CT molecular complexity index is 754. The van der Waals surface area contributed by atoms with Gasteiger partial charge in [0.15, 0.2) is 0 Å². The molecular weight excluding hydrogens is 288 g/mol. The maximum absolute atomic E-state index is 12.2. The molecule has 0 aliphatic carbocycles. The summed E-state index contributed by atoms with van der Waals surface area (Å²) in [7, 11) is 0. The van der Waals surface area contributed by atoms with Crippen molar-refractivity contribution in [3.05, 3.63) is 57.9 Å².